The third-order valence-corrected chi connectivity index (χ3v) is 12.2. The average Bonchev–Trinajstić information content (AvgIpc) is 3.95. The summed E-state index contributed by atoms with van der Waals surface area (Å²) in [6.07, 6.45) is 12.0. The van der Waals surface area contributed by atoms with Gasteiger partial charge in [-0.05, 0) is 64.5 Å². The number of carbonyl (C=O) groups is 3. The maximum atomic E-state index is 14.5. The molecular formula is C36H49N5O7S. The third kappa shape index (κ3) is 8.03. The number of aliphatic imine (C=N–C) groups is 1. The fourth-order valence-corrected chi connectivity index (χ4v) is 7.87. The molecule has 3 fully saturated rings. The number of ether oxygens (including phenoxy) is 2. The van der Waals surface area contributed by atoms with E-state index in [1.165, 1.54) is 4.90 Å². The Hall–Kier alpha value is -4.13. The number of amides is 3. The summed E-state index contributed by atoms with van der Waals surface area (Å²) in [5, 5.41) is 6.30. The number of hydrogen-bond donors (Lipinski definition) is 3. The number of carbonyl (C=O) groups excluding carboxylic acids is 3. The summed E-state index contributed by atoms with van der Waals surface area (Å²) in [4.78, 5) is 48.3. The van der Waals surface area contributed by atoms with E-state index in [0.29, 0.717) is 42.2 Å². The summed E-state index contributed by atoms with van der Waals surface area (Å²) in [7, 11) is -0.776. The summed E-state index contributed by atoms with van der Waals surface area (Å²) in [6.45, 7) is 7.59. The Morgan fingerprint density at radius 1 is 1.20 bits per heavy atom. The Morgan fingerprint density at radius 2 is 1.98 bits per heavy atom. The average molecular weight is 696 g/mol. The van der Waals surface area contributed by atoms with Crippen LogP contribution in [0, 0.1) is 5.92 Å². The minimum atomic E-state index is -3.94. The summed E-state index contributed by atoms with van der Waals surface area (Å²) < 4.78 is 39.0. The van der Waals surface area contributed by atoms with Gasteiger partial charge in [-0.15, -0.1) is 0 Å². The molecule has 2 aliphatic heterocycles. The topological polar surface area (TPSA) is 155 Å². The number of allylic oxidation sites excluding steroid dienone is 2. The van der Waals surface area contributed by atoms with Crippen molar-refractivity contribution < 1.29 is 32.3 Å². The second-order valence-corrected chi connectivity index (χ2v) is 15.9. The molecule has 2 saturated carbocycles. The van der Waals surface area contributed by atoms with Crippen LogP contribution in [0.15, 0.2) is 65.7 Å². The van der Waals surface area contributed by atoms with Gasteiger partial charge in [-0.3, -0.25) is 24.1 Å². The Balaban J connectivity index is 1.46. The van der Waals surface area contributed by atoms with Gasteiger partial charge in [-0.1, -0.05) is 49.8 Å². The molecule has 4 aliphatic rings. The molecule has 3 amide bonds. The van der Waals surface area contributed by atoms with Gasteiger partial charge >= 0.3 is 0 Å². The van der Waals surface area contributed by atoms with Crippen LogP contribution >= 0.6 is 0 Å². The van der Waals surface area contributed by atoms with Gasteiger partial charge < -0.3 is 25.0 Å². The van der Waals surface area contributed by atoms with E-state index in [1.807, 2.05) is 49.4 Å². The van der Waals surface area contributed by atoms with Crippen molar-refractivity contribution in [2.45, 2.75) is 100 Å². The highest BCUT2D eigenvalue weighted by atomic mass is 32.2. The molecule has 5 rings (SSSR count). The lowest BCUT2D eigenvalue weighted by molar-refractivity contribution is -0.140. The van der Waals surface area contributed by atoms with Gasteiger partial charge in [0.05, 0.1) is 18.4 Å². The molecule has 1 aromatic carbocycles. The van der Waals surface area contributed by atoms with Gasteiger partial charge in [0.1, 0.15) is 29.5 Å². The normalized spacial score (nSPS) is 29.4. The van der Waals surface area contributed by atoms with E-state index >= 15 is 0 Å². The molecule has 266 valence electrons. The van der Waals surface area contributed by atoms with Crippen molar-refractivity contribution in [1.29, 1.82) is 0 Å². The number of nitrogens with one attached hydrogen (secondary N) is 3. The van der Waals surface area contributed by atoms with Crippen LogP contribution in [0.5, 0.6) is 5.75 Å². The first kappa shape index (κ1) is 36.2. The maximum absolute atomic E-state index is 14.5. The molecular weight excluding hydrogens is 646 g/mol. The van der Waals surface area contributed by atoms with Gasteiger partial charge in [-0.2, -0.15) is 0 Å². The molecule has 0 bridgehead atoms. The fraction of sp³-hybridized carbons (Fsp3) is 0.556. The highest BCUT2D eigenvalue weighted by Crippen LogP contribution is 2.47. The van der Waals surface area contributed by atoms with Crippen LogP contribution < -0.4 is 20.1 Å². The number of sulfonamides is 1. The van der Waals surface area contributed by atoms with Crippen molar-refractivity contribution in [2.75, 3.05) is 26.0 Å². The Kier molecular flexibility index (Phi) is 10.9. The zero-order valence-corrected chi connectivity index (χ0v) is 29.7. The van der Waals surface area contributed by atoms with Crippen molar-refractivity contribution in [2.24, 2.45) is 10.9 Å². The van der Waals surface area contributed by atoms with E-state index in [2.05, 4.69) is 26.9 Å². The van der Waals surface area contributed by atoms with Crippen molar-refractivity contribution in [3.63, 3.8) is 0 Å². The number of rotatable bonds is 9. The minimum absolute atomic E-state index is 0.102. The van der Waals surface area contributed by atoms with Crippen LogP contribution in [-0.4, -0.2) is 86.1 Å². The molecule has 0 unspecified atom stereocenters. The van der Waals surface area contributed by atoms with E-state index in [1.54, 1.807) is 27.2 Å². The Bertz CT molecular complexity index is 1650. The van der Waals surface area contributed by atoms with E-state index in [0.717, 1.165) is 25.7 Å². The van der Waals surface area contributed by atoms with Crippen LogP contribution in [0.4, 0.5) is 5.69 Å². The molecule has 2 heterocycles. The summed E-state index contributed by atoms with van der Waals surface area (Å²) in [6, 6.07) is 5.69. The highest BCUT2D eigenvalue weighted by molar-refractivity contribution is 7.91. The van der Waals surface area contributed by atoms with E-state index in [4.69, 9.17) is 9.47 Å². The lowest BCUT2D eigenvalue weighted by Crippen LogP contribution is -2.58. The Morgan fingerprint density at radius 3 is 2.67 bits per heavy atom. The molecule has 0 aromatic heterocycles. The smallest absolute Gasteiger partial charge is 0.259 e. The molecule has 49 heavy (non-hydrogen) atoms. The molecule has 12 nitrogen and oxygen atoms in total. The molecule has 5 atom stereocenters. The number of methoxy groups -OCH3 is 1. The van der Waals surface area contributed by atoms with Crippen LogP contribution in [0.2, 0.25) is 0 Å². The van der Waals surface area contributed by atoms with Gasteiger partial charge in [-0.25, -0.2) is 8.42 Å². The van der Waals surface area contributed by atoms with Gasteiger partial charge in [0, 0.05) is 36.7 Å². The summed E-state index contributed by atoms with van der Waals surface area (Å²) in [5.41, 5.74) is -0.193. The van der Waals surface area contributed by atoms with Crippen molar-refractivity contribution >= 4 is 39.3 Å². The number of nitrogens with zero attached hydrogens (tertiary/aromatic N) is 2. The summed E-state index contributed by atoms with van der Waals surface area (Å²) in [5.74, 6) is -1.02. The minimum Gasteiger partial charge on any atom is -0.497 e. The van der Waals surface area contributed by atoms with Gasteiger partial charge in [0.25, 0.3) is 5.91 Å². The lowest BCUT2D eigenvalue weighted by atomic mass is 10.0. The highest BCUT2D eigenvalue weighted by Gasteiger charge is 2.63. The zero-order valence-electron chi connectivity index (χ0n) is 28.9. The van der Waals surface area contributed by atoms with E-state index in [9.17, 15) is 22.8 Å². The van der Waals surface area contributed by atoms with Crippen molar-refractivity contribution in [3.8, 4) is 5.75 Å². The SMILES string of the molecule is C=C(/C=C\C)C(=NC)O[C@@H]1C[C@H]2C(=O)N[C@]3(C(=O)NS(=O)(=O)C4(C)CC4)C[C@H]3/C=C\CCCCC[C@H](Nc3cccc(OC)c3)C(=O)N2C1. The molecule has 13 heteroatoms. The van der Waals surface area contributed by atoms with Crippen molar-refractivity contribution in [1.82, 2.24) is 14.9 Å². The van der Waals surface area contributed by atoms with E-state index in [-0.39, 0.29) is 31.2 Å². The van der Waals surface area contributed by atoms with Gasteiger partial charge in [0.15, 0.2) is 0 Å². The second-order valence-electron chi connectivity index (χ2n) is 13.7. The van der Waals surface area contributed by atoms with Crippen LogP contribution in [0.1, 0.15) is 71.6 Å². The predicted octanol–water partition coefficient (Wildman–Crippen LogP) is 4.02. The molecule has 1 saturated heterocycles. The van der Waals surface area contributed by atoms with Crippen LogP contribution in [0.3, 0.4) is 0 Å². The van der Waals surface area contributed by atoms with Crippen LogP contribution in [-0.2, 0) is 29.1 Å². The first-order valence-electron chi connectivity index (χ1n) is 17.1. The van der Waals surface area contributed by atoms with E-state index < -0.39 is 50.3 Å². The number of anilines is 1. The third-order valence-electron chi connectivity index (χ3n) is 10.0. The monoisotopic (exact) mass is 695 g/mol. The van der Waals surface area contributed by atoms with Gasteiger partial charge in [0.2, 0.25) is 27.7 Å². The molecule has 1 aromatic rings. The largest absolute Gasteiger partial charge is 0.497 e. The van der Waals surface area contributed by atoms with Crippen LogP contribution in [0.25, 0.3) is 0 Å². The predicted molar refractivity (Wildman–Crippen MR) is 189 cm³/mol. The summed E-state index contributed by atoms with van der Waals surface area (Å²) >= 11 is 0. The first-order valence-corrected chi connectivity index (χ1v) is 18.6. The lowest BCUT2D eigenvalue weighted by Gasteiger charge is -2.30. The number of benzene rings is 1. The molecule has 2 aliphatic carbocycles. The second kappa shape index (κ2) is 14.8. The number of hydrogen-bond acceptors (Lipinski definition) is 9. The molecule has 3 N–H and O–H groups in total. The van der Waals surface area contributed by atoms with Crippen molar-refractivity contribution in [3.05, 3.63) is 60.7 Å². The maximum Gasteiger partial charge on any atom is 0.259 e. The molecule has 0 radical (unpaired) electrons. The fourth-order valence-electron chi connectivity index (χ4n) is 6.56. The number of fused-ring (bicyclic) bond motifs is 2. The first-order chi connectivity index (χ1) is 23.4. The molecule has 0 spiro atoms. The Labute approximate surface area is 289 Å². The zero-order chi connectivity index (χ0) is 35.4. The quantitative estimate of drug-likeness (QED) is 0.152. The standard InChI is InChI=1S/C36H49N5O7S/c1-6-13-24(2)32(37-4)48-28-21-30-31(42)39-36(34(44)40-49(45,46)35(3)18-19-35)22-25(36)14-10-8-7-9-11-17-29(33(43)41(30)23-28)38-26-15-12-16-27(20-26)47-5/h6,10,12-16,20,25,28-30,38H,2,7-9,11,17-19,21-23H2,1,3-5H3,(H,39,42)(H,40,44)/b13-6-,14-10-,37-32?/t25-,28-,29+,30+,36-/m1/s1.